The quantitative estimate of drug-likeness (QED) is 0.429. The highest BCUT2D eigenvalue weighted by Gasteiger charge is 2.13. The number of nitrogens with one attached hydrogen (secondary N) is 1. The molecule has 5 rings (SSSR count). The Kier molecular flexibility index (Phi) is 4.16. The van der Waals surface area contributed by atoms with E-state index in [-0.39, 0.29) is 0 Å². The highest BCUT2D eigenvalue weighted by atomic mass is 15.1. The highest BCUT2D eigenvalue weighted by Crippen LogP contribution is 2.30. The number of anilines is 1. The monoisotopic (exact) mass is 394 g/mol. The van der Waals surface area contributed by atoms with Crippen molar-refractivity contribution in [1.29, 1.82) is 5.26 Å². The molecule has 0 bridgehead atoms. The summed E-state index contributed by atoms with van der Waals surface area (Å²) in [5.41, 5.74) is 18.7. The van der Waals surface area contributed by atoms with Crippen LogP contribution in [0, 0.1) is 11.3 Å². The van der Waals surface area contributed by atoms with Gasteiger partial charge in [0.2, 0.25) is 0 Å². The molecule has 8 heteroatoms. The number of nitrogens with two attached hydrogens (primary N) is 2. The van der Waals surface area contributed by atoms with E-state index in [0.717, 1.165) is 33.3 Å². The van der Waals surface area contributed by atoms with E-state index < -0.39 is 0 Å². The fourth-order valence-corrected chi connectivity index (χ4v) is 3.74. The Morgan fingerprint density at radius 1 is 1.07 bits per heavy atom. The van der Waals surface area contributed by atoms with E-state index in [1.165, 1.54) is 6.33 Å². The third-order valence-corrected chi connectivity index (χ3v) is 5.18. The number of benzene rings is 2. The fourth-order valence-electron chi connectivity index (χ4n) is 3.74. The summed E-state index contributed by atoms with van der Waals surface area (Å²) in [6, 6.07) is 16.1. The summed E-state index contributed by atoms with van der Waals surface area (Å²) >= 11 is 0. The van der Waals surface area contributed by atoms with Crippen LogP contribution in [0.4, 0.5) is 5.82 Å². The van der Waals surface area contributed by atoms with Crippen molar-refractivity contribution in [2.45, 2.75) is 13.1 Å². The van der Waals surface area contributed by atoms with E-state index >= 15 is 0 Å². The second kappa shape index (κ2) is 6.99. The van der Waals surface area contributed by atoms with Crippen molar-refractivity contribution in [3.63, 3.8) is 0 Å². The van der Waals surface area contributed by atoms with Crippen molar-refractivity contribution in [3.8, 4) is 17.2 Å². The average molecular weight is 394 g/mol. The predicted molar refractivity (Wildman–Crippen MR) is 115 cm³/mol. The minimum absolute atomic E-state index is 0.358. The molecule has 2 aromatic carbocycles. The van der Waals surface area contributed by atoms with E-state index in [9.17, 15) is 5.26 Å². The van der Waals surface area contributed by atoms with Crippen LogP contribution in [-0.4, -0.2) is 24.5 Å². The summed E-state index contributed by atoms with van der Waals surface area (Å²) in [7, 11) is 0. The first-order valence-corrected chi connectivity index (χ1v) is 9.42. The van der Waals surface area contributed by atoms with Crippen molar-refractivity contribution < 1.29 is 0 Å². The van der Waals surface area contributed by atoms with Gasteiger partial charge < -0.3 is 21.0 Å². The third kappa shape index (κ3) is 2.94. The number of imidazole rings is 1. The topological polar surface area (TPSA) is 135 Å². The zero-order valence-corrected chi connectivity index (χ0v) is 16.0. The van der Waals surface area contributed by atoms with Crippen molar-refractivity contribution >= 4 is 27.9 Å². The van der Waals surface area contributed by atoms with Gasteiger partial charge in [-0.1, -0.05) is 12.1 Å². The number of fused-ring (bicyclic) bond motifs is 2. The molecule has 0 aliphatic rings. The smallest absolute Gasteiger partial charge is 0.165 e. The van der Waals surface area contributed by atoms with Gasteiger partial charge in [-0.3, -0.25) is 0 Å². The van der Waals surface area contributed by atoms with Crippen LogP contribution in [0.25, 0.3) is 33.2 Å². The molecule has 146 valence electrons. The van der Waals surface area contributed by atoms with E-state index in [0.29, 0.717) is 35.6 Å². The molecule has 0 aliphatic heterocycles. The normalized spacial score (nSPS) is 11.2. The third-order valence-electron chi connectivity index (χ3n) is 5.18. The molecule has 5 aromatic rings. The van der Waals surface area contributed by atoms with Gasteiger partial charge in [-0.15, -0.1) is 0 Å². The Labute approximate surface area is 171 Å². The van der Waals surface area contributed by atoms with E-state index in [1.54, 1.807) is 12.4 Å². The van der Waals surface area contributed by atoms with Crippen LogP contribution in [-0.2, 0) is 13.1 Å². The molecule has 0 radical (unpaired) electrons. The number of nitrogen functional groups attached to an aromatic ring is 1. The first-order chi connectivity index (χ1) is 14.7. The minimum atomic E-state index is 0.358. The Balaban J connectivity index is 1.68. The number of hydrogen-bond acceptors (Lipinski definition) is 6. The SMILES string of the molecule is N#Cc1cccc(-c2cc(Cn3cnc4c(N)ncnc43)c3[nH]c(CN)cc3c2)c1. The predicted octanol–water partition coefficient (Wildman–Crippen LogP) is 2.94. The van der Waals surface area contributed by atoms with Gasteiger partial charge in [0.05, 0.1) is 30.0 Å². The lowest BCUT2D eigenvalue weighted by molar-refractivity contribution is 0.817. The maximum absolute atomic E-state index is 9.26. The molecule has 0 saturated carbocycles. The molecular formula is C22H18N8. The Hall–Kier alpha value is -4.22. The molecule has 0 atom stereocenters. The summed E-state index contributed by atoms with van der Waals surface area (Å²) in [5.74, 6) is 0.358. The standard InChI is InChI=1S/C22H18N8/c23-8-13-2-1-3-14(4-13)15-5-16-7-18(9-24)29-19(16)17(6-15)10-30-12-28-20-21(25)26-11-27-22(20)30/h1-7,11-12,29H,9-10,24H2,(H2,25,26,27). The summed E-state index contributed by atoms with van der Waals surface area (Å²) in [5, 5.41) is 10.3. The Morgan fingerprint density at radius 3 is 2.80 bits per heavy atom. The number of hydrogen-bond donors (Lipinski definition) is 3. The molecule has 0 amide bonds. The van der Waals surface area contributed by atoms with E-state index in [4.69, 9.17) is 11.5 Å². The second-order valence-corrected chi connectivity index (χ2v) is 7.09. The number of aromatic amines is 1. The Morgan fingerprint density at radius 2 is 1.97 bits per heavy atom. The van der Waals surface area contributed by atoms with Gasteiger partial charge in [0, 0.05) is 17.6 Å². The molecule has 8 nitrogen and oxygen atoms in total. The molecule has 0 spiro atoms. The first kappa shape index (κ1) is 17.8. The first-order valence-electron chi connectivity index (χ1n) is 9.42. The lowest BCUT2D eigenvalue weighted by Gasteiger charge is -2.10. The number of nitrogens with zero attached hydrogens (tertiary/aromatic N) is 5. The number of rotatable bonds is 4. The molecule has 3 heterocycles. The molecular weight excluding hydrogens is 376 g/mol. The number of H-pyrrole nitrogens is 1. The molecule has 3 aromatic heterocycles. The van der Waals surface area contributed by atoms with Gasteiger partial charge in [0.25, 0.3) is 0 Å². The van der Waals surface area contributed by atoms with Gasteiger partial charge in [-0.05, 0) is 47.0 Å². The number of aromatic nitrogens is 5. The minimum Gasteiger partial charge on any atom is -0.382 e. The lowest BCUT2D eigenvalue weighted by atomic mass is 9.99. The Bertz CT molecular complexity index is 1440. The van der Waals surface area contributed by atoms with Gasteiger partial charge in [0.15, 0.2) is 11.5 Å². The van der Waals surface area contributed by atoms with Crippen molar-refractivity contribution in [1.82, 2.24) is 24.5 Å². The fraction of sp³-hybridized carbons (Fsp3) is 0.0909. The maximum atomic E-state index is 9.26. The second-order valence-electron chi connectivity index (χ2n) is 7.09. The van der Waals surface area contributed by atoms with Crippen molar-refractivity contribution in [3.05, 3.63) is 71.9 Å². The zero-order valence-electron chi connectivity index (χ0n) is 16.0. The molecule has 0 unspecified atom stereocenters. The van der Waals surface area contributed by atoms with E-state index in [1.807, 2.05) is 22.8 Å². The number of nitriles is 1. The van der Waals surface area contributed by atoms with Crippen LogP contribution in [0.2, 0.25) is 0 Å². The van der Waals surface area contributed by atoms with Gasteiger partial charge in [0.1, 0.15) is 11.8 Å². The van der Waals surface area contributed by atoms with E-state index in [2.05, 4.69) is 44.2 Å². The van der Waals surface area contributed by atoms with Crippen LogP contribution in [0.3, 0.4) is 0 Å². The van der Waals surface area contributed by atoms with Crippen LogP contribution in [0.5, 0.6) is 0 Å². The molecule has 0 fully saturated rings. The molecule has 0 saturated heterocycles. The highest BCUT2D eigenvalue weighted by molar-refractivity contribution is 5.89. The van der Waals surface area contributed by atoms with Gasteiger partial charge in [-0.2, -0.15) is 5.26 Å². The van der Waals surface area contributed by atoms with Crippen LogP contribution >= 0.6 is 0 Å². The summed E-state index contributed by atoms with van der Waals surface area (Å²) in [4.78, 5) is 16.1. The largest absolute Gasteiger partial charge is 0.382 e. The molecule has 5 N–H and O–H groups in total. The molecule has 30 heavy (non-hydrogen) atoms. The summed E-state index contributed by atoms with van der Waals surface area (Å²) < 4.78 is 1.95. The zero-order chi connectivity index (χ0) is 20.7. The lowest BCUT2D eigenvalue weighted by Crippen LogP contribution is -2.02. The van der Waals surface area contributed by atoms with Crippen LogP contribution in [0.1, 0.15) is 16.8 Å². The van der Waals surface area contributed by atoms with Gasteiger partial charge >= 0.3 is 0 Å². The van der Waals surface area contributed by atoms with Gasteiger partial charge in [-0.25, -0.2) is 15.0 Å². The van der Waals surface area contributed by atoms with Crippen LogP contribution < -0.4 is 11.5 Å². The maximum Gasteiger partial charge on any atom is 0.165 e. The van der Waals surface area contributed by atoms with Crippen molar-refractivity contribution in [2.75, 3.05) is 5.73 Å². The molecule has 0 aliphatic carbocycles. The van der Waals surface area contributed by atoms with Crippen molar-refractivity contribution in [2.24, 2.45) is 5.73 Å². The average Bonchev–Trinajstić information content (AvgIpc) is 3.39. The summed E-state index contributed by atoms with van der Waals surface area (Å²) in [6.45, 7) is 0.963. The van der Waals surface area contributed by atoms with Crippen LogP contribution in [0.15, 0.2) is 55.1 Å². The summed E-state index contributed by atoms with van der Waals surface area (Å²) in [6.07, 6.45) is 3.16.